The largest absolute Gasteiger partial charge is 0.489 e. The Kier molecular flexibility index (Phi) is 6.10. The fourth-order valence-electron chi connectivity index (χ4n) is 2.30. The van der Waals surface area contributed by atoms with Crippen LogP contribution < -0.4 is 4.74 Å². The summed E-state index contributed by atoms with van der Waals surface area (Å²) in [6.07, 6.45) is 1.58. The van der Waals surface area contributed by atoms with Gasteiger partial charge in [-0.15, -0.1) is 0 Å². The van der Waals surface area contributed by atoms with E-state index in [2.05, 4.69) is 0 Å². The van der Waals surface area contributed by atoms with Gasteiger partial charge in [0.2, 0.25) is 0 Å². The van der Waals surface area contributed by atoms with E-state index < -0.39 is 0 Å². The molecule has 0 spiro atoms. The highest BCUT2D eigenvalue weighted by Gasteiger charge is 2.11. The molecule has 2 aromatic rings. The van der Waals surface area contributed by atoms with Crippen LogP contribution in [0.2, 0.25) is 0 Å². The van der Waals surface area contributed by atoms with Crippen molar-refractivity contribution in [3.63, 3.8) is 0 Å². The average Bonchev–Trinajstić information content (AvgIpc) is 2.56. The van der Waals surface area contributed by atoms with Crippen molar-refractivity contribution in [1.82, 2.24) is 0 Å². The zero-order chi connectivity index (χ0) is 16.7. The summed E-state index contributed by atoms with van der Waals surface area (Å²) in [5.74, 6) is 0.727. The lowest BCUT2D eigenvalue weighted by molar-refractivity contribution is 0.0992. The number of carbonyl (C=O) groups excluding carboxylic acids is 1. The summed E-state index contributed by atoms with van der Waals surface area (Å²) < 4.78 is 18.1. The number of ether oxygens (including phenoxy) is 1. The van der Waals surface area contributed by atoms with Crippen LogP contribution in [0.25, 0.3) is 0 Å². The summed E-state index contributed by atoms with van der Waals surface area (Å²) in [5.41, 5.74) is 3.16. The molecule has 0 aliphatic rings. The lowest BCUT2D eigenvalue weighted by atomic mass is 9.99. The molecule has 0 atom stereocenters. The predicted octanol–water partition coefficient (Wildman–Crippen LogP) is 5.06. The van der Waals surface area contributed by atoms with Gasteiger partial charge in [-0.1, -0.05) is 37.3 Å². The predicted molar refractivity (Wildman–Crippen MR) is 90.6 cm³/mol. The Labute approximate surface area is 136 Å². The molecule has 2 nitrogen and oxygen atoms in total. The Morgan fingerprint density at radius 2 is 1.91 bits per heavy atom. The van der Waals surface area contributed by atoms with Gasteiger partial charge < -0.3 is 4.74 Å². The second kappa shape index (κ2) is 8.28. The zero-order valence-corrected chi connectivity index (χ0v) is 13.5. The number of halogens is 1. The van der Waals surface area contributed by atoms with E-state index in [4.69, 9.17) is 4.74 Å². The van der Waals surface area contributed by atoms with Crippen molar-refractivity contribution < 1.29 is 13.9 Å². The Morgan fingerprint density at radius 1 is 1.17 bits per heavy atom. The number of hydrogen-bond donors (Lipinski definition) is 0. The molecule has 3 heteroatoms. The second-order valence-electron chi connectivity index (χ2n) is 5.47. The number of rotatable bonds is 7. The third kappa shape index (κ3) is 4.78. The smallest absolute Gasteiger partial charge is 0.167 e. The summed E-state index contributed by atoms with van der Waals surface area (Å²) in [6.45, 7) is 3.99. The molecule has 0 bridgehead atoms. The third-order valence-corrected chi connectivity index (χ3v) is 3.74. The fourth-order valence-corrected chi connectivity index (χ4v) is 2.30. The van der Waals surface area contributed by atoms with Gasteiger partial charge in [0.15, 0.2) is 5.78 Å². The van der Waals surface area contributed by atoms with Crippen molar-refractivity contribution in [3.8, 4) is 5.75 Å². The number of hydrogen-bond acceptors (Lipinski definition) is 2. The monoisotopic (exact) mass is 312 g/mol. The molecule has 0 aliphatic carbocycles. The first-order valence-electron chi connectivity index (χ1n) is 7.72. The molecule has 120 valence electrons. The van der Waals surface area contributed by atoms with Gasteiger partial charge in [0, 0.05) is 12.0 Å². The van der Waals surface area contributed by atoms with E-state index in [9.17, 15) is 9.18 Å². The second-order valence-corrected chi connectivity index (χ2v) is 5.47. The van der Waals surface area contributed by atoms with Crippen LogP contribution in [-0.2, 0) is 6.42 Å². The molecule has 0 aromatic heterocycles. The molecule has 0 saturated carbocycles. The molecule has 0 unspecified atom stereocenters. The molecule has 2 rings (SSSR count). The van der Waals surface area contributed by atoms with Crippen molar-refractivity contribution in [2.45, 2.75) is 26.7 Å². The highest BCUT2D eigenvalue weighted by molar-refractivity contribution is 5.98. The number of ketones is 1. The van der Waals surface area contributed by atoms with Gasteiger partial charge in [-0.25, -0.2) is 4.39 Å². The molecule has 2 aromatic carbocycles. The lowest BCUT2D eigenvalue weighted by Gasteiger charge is -2.10. The van der Waals surface area contributed by atoms with Crippen molar-refractivity contribution in [2.75, 3.05) is 6.61 Å². The van der Waals surface area contributed by atoms with Crippen LogP contribution in [0.4, 0.5) is 4.39 Å². The molecule has 0 heterocycles. The van der Waals surface area contributed by atoms with Gasteiger partial charge >= 0.3 is 0 Å². The topological polar surface area (TPSA) is 26.3 Å². The zero-order valence-electron chi connectivity index (χ0n) is 13.5. The van der Waals surface area contributed by atoms with Crippen LogP contribution in [0.5, 0.6) is 5.75 Å². The standard InChI is InChI=1S/C20H21FO2/c1-3-16(13-21)14-23-18-9-10-19(15(2)11-18)20(22)12-17-7-5-4-6-8-17/h4-11,13H,3,12,14H2,1-2H3. The lowest BCUT2D eigenvalue weighted by Crippen LogP contribution is -2.06. The molecule has 23 heavy (non-hydrogen) atoms. The van der Waals surface area contributed by atoms with E-state index in [-0.39, 0.29) is 12.4 Å². The van der Waals surface area contributed by atoms with E-state index in [1.54, 1.807) is 12.1 Å². The number of benzene rings is 2. The van der Waals surface area contributed by atoms with Crippen molar-refractivity contribution in [2.24, 2.45) is 0 Å². The molecule has 0 amide bonds. The SMILES string of the molecule is CCC(=CF)COc1ccc(C(=O)Cc2ccccc2)c(C)c1. The molecule has 0 N–H and O–H groups in total. The van der Waals surface area contributed by atoms with Crippen molar-refractivity contribution in [1.29, 1.82) is 0 Å². The Balaban J connectivity index is 2.05. The maximum atomic E-state index is 12.5. The van der Waals surface area contributed by atoms with E-state index in [0.29, 0.717) is 36.1 Å². The molecular formula is C20H21FO2. The number of Topliss-reactive ketones (excluding diaryl/α,β-unsaturated/α-hetero) is 1. The summed E-state index contributed by atoms with van der Waals surface area (Å²) in [5, 5.41) is 0. The molecule has 0 aliphatic heterocycles. The Hall–Kier alpha value is -2.42. The summed E-state index contributed by atoms with van der Waals surface area (Å²) in [6, 6.07) is 15.0. The molecule has 0 radical (unpaired) electrons. The minimum Gasteiger partial charge on any atom is -0.489 e. The molecular weight excluding hydrogens is 291 g/mol. The number of aryl methyl sites for hydroxylation is 1. The maximum absolute atomic E-state index is 12.5. The van der Waals surface area contributed by atoms with Gasteiger partial charge in [0.25, 0.3) is 0 Å². The van der Waals surface area contributed by atoms with Crippen LogP contribution in [0.15, 0.2) is 60.4 Å². The average molecular weight is 312 g/mol. The highest BCUT2D eigenvalue weighted by atomic mass is 19.1. The van der Waals surface area contributed by atoms with Crippen LogP contribution in [-0.4, -0.2) is 12.4 Å². The third-order valence-electron chi connectivity index (χ3n) is 3.74. The van der Waals surface area contributed by atoms with Crippen LogP contribution in [0, 0.1) is 6.92 Å². The van der Waals surface area contributed by atoms with Gasteiger partial charge in [-0.3, -0.25) is 4.79 Å². The normalized spacial score (nSPS) is 11.3. The first kappa shape index (κ1) is 16.9. The van der Waals surface area contributed by atoms with Crippen molar-refractivity contribution >= 4 is 5.78 Å². The molecule has 0 fully saturated rings. The van der Waals surface area contributed by atoms with Gasteiger partial charge in [0.05, 0.1) is 6.33 Å². The van der Waals surface area contributed by atoms with E-state index in [1.807, 2.05) is 50.2 Å². The first-order chi connectivity index (χ1) is 11.1. The van der Waals surface area contributed by atoms with Gasteiger partial charge in [0.1, 0.15) is 12.4 Å². The van der Waals surface area contributed by atoms with E-state index >= 15 is 0 Å². The van der Waals surface area contributed by atoms with Gasteiger partial charge in [-0.05, 0) is 48.2 Å². The first-order valence-corrected chi connectivity index (χ1v) is 7.72. The van der Waals surface area contributed by atoms with Crippen LogP contribution in [0.3, 0.4) is 0 Å². The van der Waals surface area contributed by atoms with Gasteiger partial charge in [-0.2, -0.15) is 0 Å². The highest BCUT2D eigenvalue weighted by Crippen LogP contribution is 2.20. The van der Waals surface area contributed by atoms with Crippen molar-refractivity contribution in [3.05, 3.63) is 77.1 Å². The summed E-state index contributed by atoms with van der Waals surface area (Å²) in [7, 11) is 0. The Morgan fingerprint density at radius 3 is 2.52 bits per heavy atom. The molecule has 0 saturated heterocycles. The number of carbonyl (C=O) groups is 1. The van der Waals surface area contributed by atoms with Crippen LogP contribution in [0.1, 0.15) is 34.8 Å². The minimum absolute atomic E-state index is 0.0816. The summed E-state index contributed by atoms with van der Waals surface area (Å²) >= 11 is 0. The minimum atomic E-state index is 0.0816. The quantitative estimate of drug-likeness (QED) is 0.668. The van der Waals surface area contributed by atoms with E-state index in [1.165, 1.54) is 0 Å². The Bertz CT molecular complexity index is 690. The summed E-state index contributed by atoms with van der Waals surface area (Å²) in [4.78, 5) is 12.4. The fraction of sp³-hybridized carbons (Fsp3) is 0.250. The van der Waals surface area contributed by atoms with E-state index in [0.717, 1.165) is 11.1 Å². The maximum Gasteiger partial charge on any atom is 0.167 e. The van der Waals surface area contributed by atoms with Crippen LogP contribution >= 0.6 is 0 Å².